The highest BCUT2D eigenvalue weighted by atomic mass is 32.2. The summed E-state index contributed by atoms with van der Waals surface area (Å²) < 4.78 is 0. The largest absolute Gasteiger partial charge is 0.349 e. The van der Waals surface area contributed by atoms with Gasteiger partial charge >= 0.3 is 0 Å². The van der Waals surface area contributed by atoms with Gasteiger partial charge in [0.15, 0.2) is 0 Å². The van der Waals surface area contributed by atoms with Crippen LogP contribution in [0.4, 0.5) is 0 Å². The van der Waals surface area contributed by atoms with Crippen LogP contribution in [0.15, 0.2) is 16.3 Å². The summed E-state index contributed by atoms with van der Waals surface area (Å²) in [5.74, 6) is 0.0575. The third-order valence-electron chi connectivity index (χ3n) is 3.10. The zero-order chi connectivity index (χ0) is 12.3. The van der Waals surface area contributed by atoms with E-state index in [1.54, 1.807) is 0 Å². The Morgan fingerprint density at radius 2 is 2.41 bits per heavy atom. The minimum Gasteiger partial charge on any atom is -0.349 e. The number of thiol groups is 1. The van der Waals surface area contributed by atoms with Gasteiger partial charge in [0, 0.05) is 21.6 Å². The average molecular weight is 287 g/mol. The van der Waals surface area contributed by atoms with Gasteiger partial charge < -0.3 is 5.32 Å². The molecule has 1 saturated carbocycles. The van der Waals surface area contributed by atoms with Crippen molar-refractivity contribution in [2.45, 2.75) is 41.9 Å². The summed E-state index contributed by atoms with van der Waals surface area (Å²) in [6.45, 7) is 0. The minimum atomic E-state index is 0.0575. The molecule has 2 unspecified atom stereocenters. The van der Waals surface area contributed by atoms with Crippen LogP contribution in [0.1, 0.15) is 35.4 Å². The van der Waals surface area contributed by atoms with Crippen LogP contribution in [-0.4, -0.2) is 23.5 Å². The molecule has 1 fully saturated rings. The van der Waals surface area contributed by atoms with Gasteiger partial charge in [0.2, 0.25) is 0 Å². The first-order valence-electron chi connectivity index (χ1n) is 5.80. The molecule has 0 aliphatic heterocycles. The number of carbonyl (C=O) groups excluding carboxylic acids is 1. The zero-order valence-electron chi connectivity index (χ0n) is 9.81. The highest BCUT2D eigenvalue weighted by Crippen LogP contribution is 2.27. The van der Waals surface area contributed by atoms with Crippen LogP contribution in [0.3, 0.4) is 0 Å². The lowest BCUT2D eigenvalue weighted by molar-refractivity contribution is 0.0932. The molecule has 1 amide bonds. The van der Waals surface area contributed by atoms with Crippen molar-refractivity contribution < 1.29 is 4.79 Å². The number of thiophene rings is 1. The molecule has 0 spiro atoms. The van der Waals surface area contributed by atoms with Crippen LogP contribution in [0, 0.1) is 0 Å². The van der Waals surface area contributed by atoms with Crippen LogP contribution in [-0.2, 0) is 0 Å². The molecule has 0 bridgehead atoms. The Labute approximate surface area is 116 Å². The third kappa shape index (κ3) is 3.66. The van der Waals surface area contributed by atoms with Crippen LogP contribution in [0.25, 0.3) is 0 Å². The molecule has 94 valence electrons. The van der Waals surface area contributed by atoms with E-state index in [0.717, 1.165) is 22.6 Å². The second-order valence-corrected chi connectivity index (χ2v) is 6.93. The predicted molar refractivity (Wildman–Crippen MR) is 78.6 cm³/mol. The van der Waals surface area contributed by atoms with Crippen LogP contribution < -0.4 is 5.32 Å². The molecule has 1 N–H and O–H groups in total. The Kier molecular flexibility index (Phi) is 4.82. The van der Waals surface area contributed by atoms with E-state index in [2.05, 4.69) is 24.2 Å². The van der Waals surface area contributed by atoms with Crippen molar-refractivity contribution in [2.24, 2.45) is 0 Å². The van der Waals surface area contributed by atoms with E-state index < -0.39 is 0 Å². The van der Waals surface area contributed by atoms with Gasteiger partial charge in [-0.15, -0.1) is 24.0 Å². The van der Waals surface area contributed by atoms with Crippen molar-refractivity contribution in [3.8, 4) is 0 Å². The molecule has 5 heteroatoms. The molecular formula is C12H17NOS3. The summed E-state index contributed by atoms with van der Waals surface area (Å²) in [5, 5.41) is 5.74. The van der Waals surface area contributed by atoms with E-state index >= 15 is 0 Å². The smallest absolute Gasteiger partial charge is 0.261 e. The zero-order valence-corrected chi connectivity index (χ0v) is 12.3. The molecule has 2 rings (SSSR count). The lowest BCUT2D eigenvalue weighted by atomic mass is 9.95. The topological polar surface area (TPSA) is 29.1 Å². The Morgan fingerprint density at radius 3 is 3.06 bits per heavy atom. The van der Waals surface area contributed by atoms with E-state index in [1.165, 1.54) is 24.2 Å². The van der Waals surface area contributed by atoms with Crippen molar-refractivity contribution in [3.63, 3.8) is 0 Å². The Bertz CT molecular complexity index is 391. The highest BCUT2D eigenvalue weighted by molar-refractivity contribution is 7.99. The molecule has 17 heavy (non-hydrogen) atoms. The minimum absolute atomic E-state index is 0.0575. The molecule has 0 radical (unpaired) electrons. The number of rotatable bonds is 3. The fourth-order valence-corrected chi connectivity index (χ4v) is 4.07. The summed E-state index contributed by atoms with van der Waals surface area (Å²) >= 11 is 7.60. The number of thioether (sulfide) groups is 1. The van der Waals surface area contributed by atoms with Gasteiger partial charge in [-0.1, -0.05) is 6.42 Å². The standard InChI is InChI=1S/C12H17NOS3/c1-16-10-4-2-3-8(5-10)13-12(14)11-6-9(15)7-17-11/h6-8,10,15H,2-5H2,1H3,(H,13,14). The average Bonchev–Trinajstić information content (AvgIpc) is 2.76. The van der Waals surface area contributed by atoms with Crippen LogP contribution in [0.2, 0.25) is 0 Å². The maximum atomic E-state index is 12.0. The second-order valence-electron chi connectivity index (χ2n) is 4.36. The maximum absolute atomic E-state index is 12.0. The molecule has 2 atom stereocenters. The molecule has 1 aromatic heterocycles. The maximum Gasteiger partial charge on any atom is 0.261 e. The van der Waals surface area contributed by atoms with Crippen molar-refractivity contribution >= 4 is 41.6 Å². The quantitative estimate of drug-likeness (QED) is 0.834. The van der Waals surface area contributed by atoms with Gasteiger partial charge in [-0.3, -0.25) is 4.79 Å². The third-order valence-corrected chi connectivity index (χ3v) is 5.56. The second kappa shape index (κ2) is 6.16. The SMILES string of the molecule is CSC1CCCC(NC(=O)c2cc(S)cs2)C1. The van der Waals surface area contributed by atoms with Crippen molar-refractivity contribution in [1.82, 2.24) is 5.32 Å². The molecule has 1 aliphatic carbocycles. The number of amides is 1. The van der Waals surface area contributed by atoms with E-state index in [1.807, 2.05) is 23.2 Å². The van der Waals surface area contributed by atoms with Gasteiger partial charge in [0.1, 0.15) is 0 Å². The van der Waals surface area contributed by atoms with Crippen LogP contribution >= 0.6 is 35.7 Å². The Morgan fingerprint density at radius 1 is 1.59 bits per heavy atom. The van der Waals surface area contributed by atoms with Gasteiger partial charge in [0.05, 0.1) is 4.88 Å². The fraction of sp³-hybridized carbons (Fsp3) is 0.583. The van der Waals surface area contributed by atoms with E-state index in [0.29, 0.717) is 11.3 Å². The summed E-state index contributed by atoms with van der Waals surface area (Å²) in [5.41, 5.74) is 0. The summed E-state index contributed by atoms with van der Waals surface area (Å²) in [6, 6.07) is 2.18. The van der Waals surface area contributed by atoms with Gasteiger partial charge in [0.25, 0.3) is 5.91 Å². The normalized spacial score (nSPS) is 24.6. The van der Waals surface area contributed by atoms with Crippen LogP contribution in [0.5, 0.6) is 0 Å². The van der Waals surface area contributed by atoms with Crippen molar-refractivity contribution in [2.75, 3.05) is 6.26 Å². The highest BCUT2D eigenvalue weighted by Gasteiger charge is 2.23. The molecule has 1 aliphatic rings. The van der Waals surface area contributed by atoms with E-state index in [9.17, 15) is 4.79 Å². The number of hydrogen-bond acceptors (Lipinski definition) is 4. The summed E-state index contributed by atoms with van der Waals surface area (Å²) in [7, 11) is 0. The first kappa shape index (κ1) is 13.3. The summed E-state index contributed by atoms with van der Waals surface area (Å²) in [6.07, 6.45) is 6.88. The number of hydrogen-bond donors (Lipinski definition) is 2. The van der Waals surface area contributed by atoms with Gasteiger partial charge in [-0.25, -0.2) is 0 Å². The van der Waals surface area contributed by atoms with E-state index in [-0.39, 0.29) is 5.91 Å². The summed E-state index contributed by atoms with van der Waals surface area (Å²) in [4.78, 5) is 13.6. The lowest BCUT2D eigenvalue weighted by Crippen LogP contribution is -2.38. The molecular weight excluding hydrogens is 270 g/mol. The van der Waals surface area contributed by atoms with E-state index in [4.69, 9.17) is 0 Å². The van der Waals surface area contributed by atoms with Crippen molar-refractivity contribution in [1.29, 1.82) is 0 Å². The molecule has 1 aromatic rings. The molecule has 2 nitrogen and oxygen atoms in total. The first-order chi connectivity index (χ1) is 8.19. The fourth-order valence-electron chi connectivity index (χ4n) is 2.19. The number of carbonyl (C=O) groups is 1. The monoisotopic (exact) mass is 287 g/mol. The predicted octanol–water partition coefficient (Wildman–Crippen LogP) is 3.44. The van der Waals surface area contributed by atoms with Gasteiger partial charge in [-0.2, -0.15) is 11.8 Å². The molecule has 0 aromatic carbocycles. The lowest BCUT2D eigenvalue weighted by Gasteiger charge is -2.28. The Balaban J connectivity index is 1.90. The Hall–Kier alpha value is -0.130. The van der Waals surface area contributed by atoms with Gasteiger partial charge in [-0.05, 0) is 31.6 Å². The van der Waals surface area contributed by atoms with Crippen molar-refractivity contribution in [3.05, 3.63) is 16.3 Å². The number of nitrogens with one attached hydrogen (secondary N) is 1. The first-order valence-corrected chi connectivity index (χ1v) is 8.41. The molecule has 0 saturated heterocycles. The molecule has 1 heterocycles.